The number of anilines is 2. The molecule has 4 aromatic carbocycles. The van der Waals surface area contributed by atoms with Gasteiger partial charge in [-0.2, -0.15) is 0 Å². The van der Waals surface area contributed by atoms with Crippen molar-refractivity contribution >= 4 is 89.8 Å². The summed E-state index contributed by atoms with van der Waals surface area (Å²) in [6.45, 7) is 0. The van der Waals surface area contributed by atoms with Gasteiger partial charge in [-0.15, -0.1) is 0 Å². The topological polar surface area (TPSA) is 92.3 Å². The molecule has 0 aliphatic rings. The predicted octanol–water partition coefficient (Wildman–Crippen LogP) is 3.87. The Morgan fingerprint density at radius 2 is 0.833 bits per heavy atom. The van der Waals surface area contributed by atoms with Crippen molar-refractivity contribution in [3.05, 3.63) is 107 Å². The van der Waals surface area contributed by atoms with E-state index in [2.05, 4.69) is 9.44 Å². The molecule has 12 heteroatoms. The molecular weight excluding hydrogens is 673 g/mol. The standard InChI is InChI=1S/C24H18Cl2N2O4S2Se2/c25-21-5-1-3-7-23(21)33(29,30)27-17-9-13-19(14-10-17)35-36-20-15-11-18(12-16-20)28-34(31,32)24-8-4-2-6-22(24)26/h1-16,27-28H. The van der Waals surface area contributed by atoms with Crippen molar-refractivity contribution < 1.29 is 16.8 Å². The fraction of sp³-hybridized carbons (Fsp3) is 0. The van der Waals surface area contributed by atoms with Gasteiger partial charge in [0, 0.05) is 0 Å². The van der Waals surface area contributed by atoms with Crippen molar-refractivity contribution in [2.75, 3.05) is 9.44 Å². The van der Waals surface area contributed by atoms with Crippen molar-refractivity contribution in [1.82, 2.24) is 0 Å². The number of nitrogens with one attached hydrogen (secondary N) is 2. The molecule has 0 aromatic heterocycles. The molecule has 0 heterocycles. The average Bonchev–Trinajstić information content (AvgIpc) is 2.84. The van der Waals surface area contributed by atoms with Gasteiger partial charge in [0.2, 0.25) is 0 Å². The number of hydrogen-bond donors (Lipinski definition) is 2. The van der Waals surface area contributed by atoms with Gasteiger partial charge in [-0.05, 0) is 0 Å². The summed E-state index contributed by atoms with van der Waals surface area (Å²) in [5.74, 6) is 0. The molecule has 0 amide bonds. The fourth-order valence-corrected chi connectivity index (χ4v) is 12.1. The van der Waals surface area contributed by atoms with Crippen LogP contribution in [0.3, 0.4) is 0 Å². The Hall–Kier alpha value is -2.00. The number of rotatable bonds is 9. The van der Waals surface area contributed by atoms with Gasteiger partial charge in [-0.1, -0.05) is 0 Å². The van der Waals surface area contributed by atoms with Crippen LogP contribution in [0.2, 0.25) is 10.0 Å². The van der Waals surface area contributed by atoms with Crippen molar-refractivity contribution in [3.63, 3.8) is 0 Å². The van der Waals surface area contributed by atoms with E-state index < -0.39 is 20.0 Å². The van der Waals surface area contributed by atoms with Gasteiger partial charge in [0.15, 0.2) is 0 Å². The van der Waals surface area contributed by atoms with Crippen LogP contribution in [0.15, 0.2) is 107 Å². The Morgan fingerprint density at radius 3 is 1.17 bits per heavy atom. The second-order valence-electron chi connectivity index (χ2n) is 7.29. The second kappa shape index (κ2) is 11.6. The molecule has 6 nitrogen and oxygen atoms in total. The van der Waals surface area contributed by atoms with Crippen LogP contribution in [0.25, 0.3) is 0 Å². The van der Waals surface area contributed by atoms with Crippen LogP contribution in [-0.2, 0) is 20.0 Å². The van der Waals surface area contributed by atoms with Crippen LogP contribution < -0.4 is 18.4 Å². The number of halogens is 2. The van der Waals surface area contributed by atoms with Gasteiger partial charge >= 0.3 is 233 Å². The molecule has 186 valence electrons. The summed E-state index contributed by atoms with van der Waals surface area (Å²) < 4.78 is 57.7. The SMILES string of the molecule is O=S(=O)(Nc1ccc([Se][Se]c2ccc(NS(=O)(=O)c3ccccc3Cl)cc2)cc1)c1ccccc1Cl. The average molecular weight is 691 g/mol. The van der Waals surface area contributed by atoms with Crippen LogP contribution in [0.4, 0.5) is 11.4 Å². The molecule has 0 bridgehead atoms. The normalized spacial score (nSPS) is 11.7. The molecule has 4 aromatic rings. The van der Waals surface area contributed by atoms with Crippen LogP contribution in [0, 0.1) is 0 Å². The minimum atomic E-state index is -3.78. The maximum atomic E-state index is 12.6. The minimum absolute atomic E-state index is 0.0286. The van der Waals surface area contributed by atoms with Crippen molar-refractivity contribution in [2.24, 2.45) is 0 Å². The van der Waals surface area contributed by atoms with E-state index in [1.165, 1.54) is 24.3 Å². The first-order valence-electron chi connectivity index (χ1n) is 10.2. The first kappa shape index (κ1) is 27.0. The molecule has 0 saturated carbocycles. The third-order valence-electron chi connectivity index (χ3n) is 4.70. The molecule has 0 fully saturated rings. The Labute approximate surface area is 231 Å². The van der Waals surface area contributed by atoms with Crippen molar-refractivity contribution in [3.8, 4) is 0 Å². The summed E-state index contributed by atoms with van der Waals surface area (Å²) in [5, 5.41) is 0.325. The van der Waals surface area contributed by atoms with Crippen LogP contribution >= 0.6 is 23.2 Å². The summed E-state index contributed by atoms with van der Waals surface area (Å²) in [4.78, 5) is 0.0572. The maximum absolute atomic E-state index is 12.6. The zero-order chi connectivity index (χ0) is 25.8. The van der Waals surface area contributed by atoms with Gasteiger partial charge < -0.3 is 0 Å². The van der Waals surface area contributed by atoms with E-state index in [4.69, 9.17) is 23.2 Å². The molecule has 0 aliphatic heterocycles. The zero-order valence-electron chi connectivity index (χ0n) is 18.3. The van der Waals surface area contributed by atoms with E-state index in [1.54, 1.807) is 48.5 Å². The Balaban J connectivity index is 1.35. The van der Waals surface area contributed by atoms with Gasteiger partial charge in [0.25, 0.3) is 0 Å². The number of hydrogen-bond acceptors (Lipinski definition) is 4. The molecule has 0 radical (unpaired) electrons. The third-order valence-corrected chi connectivity index (χ3v) is 15.7. The second-order valence-corrected chi connectivity index (χ2v) is 17.7. The summed E-state index contributed by atoms with van der Waals surface area (Å²) >= 11 is 12.4. The van der Waals surface area contributed by atoms with Gasteiger partial charge in [0.1, 0.15) is 0 Å². The molecule has 0 aliphatic carbocycles. The molecule has 0 atom stereocenters. The molecule has 0 saturated heterocycles. The van der Waals surface area contributed by atoms with Crippen LogP contribution in [0.5, 0.6) is 0 Å². The third kappa shape index (κ3) is 6.85. The summed E-state index contributed by atoms with van der Waals surface area (Å²) in [6, 6.07) is 27.1. The van der Waals surface area contributed by atoms with E-state index in [9.17, 15) is 16.8 Å². The Kier molecular flexibility index (Phi) is 8.71. The fourth-order valence-electron chi connectivity index (χ4n) is 3.00. The van der Waals surface area contributed by atoms with Crippen LogP contribution in [-0.4, -0.2) is 43.1 Å². The van der Waals surface area contributed by atoms with E-state index in [1.807, 2.05) is 24.3 Å². The summed E-state index contributed by atoms with van der Waals surface area (Å²) in [6.07, 6.45) is 0. The Morgan fingerprint density at radius 1 is 0.500 bits per heavy atom. The quantitative estimate of drug-likeness (QED) is 0.261. The molecule has 0 spiro atoms. The van der Waals surface area contributed by atoms with E-state index in [0.717, 1.165) is 8.92 Å². The molecule has 36 heavy (non-hydrogen) atoms. The molecular formula is C24H18Cl2N2O4S2Se2. The Bertz CT molecular complexity index is 1460. The molecule has 0 unspecified atom stereocenters. The summed E-state index contributed by atoms with van der Waals surface area (Å²) in [5.41, 5.74) is 0.911. The number of sulfonamides is 2. The van der Waals surface area contributed by atoms with Crippen molar-refractivity contribution in [2.45, 2.75) is 9.79 Å². The van der Waals surface area contributed by atoms with Gasteiger partial charge in [-0.25, -0.2) is 0 Å². The predicted molar refractivity (Wildman–Crippen MR) is 148 cm³/mol. The van der Waals surface area contributed by atoms with E-state index in [-0.39, 0.29) is 46.1 Å². The zero-order valence-corrected chi connectivity index (χ0v) is 24.8. The summed E-state index contributed by atoms with van der Waals surface area (Å²) in [7, 11) is -7.56. The monoisotopic (exact) mass is 692 g/mol. The van der Waals surface area contributed by atoms with Gasteiger partial charge in [-0.3, -0.25) is 0 Å². The first-order chi connectivity index (χ1) is 17.1. The molecule has 2 N–H and O–H groups in total. The molecule has 4 rings (SSSR count). The van der Waals surface area contributed by atoms with E-state index >= 15 is 0 Å². The van der Waals surface area contributed by atoms with E-state index in [0.29, 0.717) is 11.4 Å². The number of benzene rings is 4. The van der Waals surface area contributed by atoms with Crippen molar-refractivity contribution in [1.29, 1.82) is 0 Å². The van der Waals surface area contributed by atoms with Gasteiger partial charge in [0.05, 0.1) is 0 Å². The first-order valence-corrected chi connectivity index (χ1v) is 20.0. The van der Waals surface area contributed by atoms with Crippen LogP contribution in [0.1, 0.15) is 0 Å².